The molecule has 1 N–H and O–H groups in total. The molecule has 2 heteroatoms. The fourth-order valence-electron chi connectivity index (χ4n) is 2.67. The molecule has 2 nitrogen and oxygen atoms in total. The predicted octanol–water partition coefficient (Wildman–Crippen LogP) is 0.955. The van der Waals surface area contributed by atoms with Crippen LogP contribution in [-0.2, 0) is 0 Å². The zero-order chi connectivity index (χ0) is 8.93. The first-order chi connectivity index (χ1) is 5.59. The van der Waals surface area contributed by atoms with E-state index >= 15 is 0 Å². The summed E-state index contributed by atoms with van der Waals surface area (Å²) < 4.78 is 0. The van der Waals surface area contributed by atoms with E-state index in [-0.39, 0.29) is 5.41 Å². The van der Waals surface area contributed by atoms with Crippen molar-refractivity contribution >= 4 is 0 Å². The molecule has 2 atom stereocenters. The van der Waals surface area contributed by atoms with Crippen LogP contribution in [0.5, 0.6) is 0 Å². The second kappa shape index (κ2) is 2.46. The van der Waals surface area contributed by atoms with E-state index in [4.69, 9.17) is 0 Å². The van der Waals surface area contributed by atoms with Gasteiger partial charge in [-0.25, -0.2) is 0 Å². The van der Waals surface area contributed by atoms with Crippen molar-refractivity contribution in [2.45, 2.75) is 26.8 Å². The summed E-state index contributed by atoms with van der Waals surface area (Å²) in [6.45, 7) is 9.52. The van der Waals surface area contributed by atoms with Crippen LogP contribution < -0.4 is 0 Å². The number of aliphatic hydroxyl groups is 1. The molecule has 0 bridgehead atoms. The molecule has 1 saturated carbocycles. The average molecular weight is 169 g/mol. The van der Waals surface area contributed by atoms with Crippen molar-refractivity contribution in [1.82, 2.24) is 4.90 Å². The molecule has 0 aromatic heterocycles. The molecule has 0 aromatic rings. The molecule has 0 radical (unpaired) electrons. The Morgan fingerprint density at radius 1 is 1.42 bits per heavy atom. The number of fused-ring (bicyclic) bond motifs is 1. The Balaban J connectivity index is 1.94. The molecule has 0 aromatic carbocycles. The van der Waals surface area contributed by atoms with E-state index in [1.165, 1.54) is 13.1 Å². The van der Waals surface area contributed by atoms with Gasteiger partial charge in [0, 0.05) is 25.7 Å². The van der Waals surface area contributed by atoms with Crippen LogP contribution >= 0.6 is 0 Å². The van der Waals surface area contributed by atoms with Gasteiger partial charge in [0.05, 0.1) is 0 Å². The molecule has 2 aliphatic rings. The summed E-state index contributed by atoms with van der Waals surface area (Å²) >= 11 is 0. The van der Waals surface area contributed by atoms with Gasteiger partial charge in [0.25, 0.3) is 0 Å². The Kier molecular flexibility index (Phi) is 1.74. The molecule has 2 fully saturated rings. The first kappa shape index (κ1) is 8.52. The fourth-order valence-corrected chi connectivity index (χ4v) is 2.67. The summed E-state index contributed by atoms with van der Waals surface area (Å²) in [4.78, 5) is 2.52. The number of likely N-dealkylation sites (tertiary alicyclic amines) is 1. The third kappa shape index (κ3) is 0.944. The molecule has 1 aliphatic heterocycles. The van der Waals surface area contributed by atoms with Crippen LogP contribution in [0, 0.1) is 17.3 Å². The van der Waals surface area contributed by atoms with Crippen molar-refractivity contribution in [2.75, 3.05) is 19.7 Å². The van der Waals surface area contributed by atoms with E-state index in [2.05, 4.69) is 25.7 Å². The topological polar surface area (TPSA) is 23.5 Å². The van der Waals surface area contributed by atoms with Gasteiger partial charge in [-0.1, -0.05) is 6.92 Å². The Morgan fingerprint density at radius 3 is 2.25 bits per heavy atom. The van der Waals surface area contributed by atoms with Gasteiger partial charge in [-0.3, -0.25) is 0 Å². The molecule has 70 valence electrons. The standard InChI is InChI=1S/C10H19NO/c1-7(2)11-4-8-9(5-11)10(8,3)6-12/h7-9,12H,4-6H2,1-3H3. The Hall–Kier alpha value is -0.0800. The minimum atomic E-state index is 0.283. The number of piperidine rings is 1. The highest BCUT2D eigenvalue weighted by atomic mass is 16.3. The first-order valence-corrected chi connectivity index (χ1v) is 4.94. The van der Waals surface area contributed by atoms with Gasteiger partial charge in [0.2, 0.25) is 0 Å². The summed E-state index contributed by atoms with van der Waals surface area (Å²) in [5.74, 6) is 1.56. The van der Waals surface area contributed by atoms with Crippen LogP contribution in [0.2, 0.25) is 0 Å². The van der Waals surface area contributed by atoms with Gasteiger partial charge < -0.3 is 10.0 Å². The molecular formula is C10H19NO. The lowest BCUT2D eigenvalue weighted by atomic mass is 10.0. The lowest BCUT2D eigenvalue weighted by Crippen LogP contribution is -2.33. The summed E-state index contributed by atoms with van der Waals surface area (Å²) in [6.07, 6.45) is 0. The zero-order valence-corrected chi connectivity index (χ0v) is 8.25. The van der Waals surface area contributed by atoms with Gasteiger partial charge in [0.15, 0.2) is 0 Å². The molecule has 1 aliphatic carbocycles. The van der Waals surface area contributed by atoms with Gasteiger partial charge >= 0.3 is 0 Å². The Labute approximate surface area is 74.6 Å². The van der Waals surface area contributed by atoms with E-state index in [0.29, 0.717) is 12.6 Å². The maximum absolute atomic E-state index is 9.18. The highest BCUT2D eigenvalue weighted by Crippen LogP contribution is 2.62. The van der Waals surface area contributed by atoms with Crippen molar-refractivity contribution in [3.63, 3.8) is 0 Å². The SMILES string of the molecule is CC(C)N1CC2C(C1)C2(C)CO. The van der Waals surface area contributed by atoms with Crippen LogP contribution in [0.15, 0.2) is 0 Å². The van der Waals surface area contributed by atoms with Crippen LogP contribution in [-0.4, -0.2) is 35.7 Å². The molecule has 0 amide bonds. The predicted molar refractivity (Wildman–Crippen MR) is 48.9 cm³/mol. The molecular weight excluding hydrogens is 150 g/mol. The highest BCUT2D eigenvalue weighted by molar-refractivity contribution is 5.13. The van der Waals surface area contributed by atoms with Crippen molar-refractivity contribution < 1.29 is 5.11 Å². The van der Waals surface area contributed by atoms with Crippen molar-refractivity contribution in [3.8, 4) is 0 Å². The van der Waals surface area contributed by atoms with E-state index < -0.39 is 0 Å². The molecule has 12 heavy (non-hydrogen) atoms. The Morgan fingerprint density at radius 2 is 1.92 bits per heavy atom. The van der Waals surface area contributed by atoms with Crippen LogP contribution in [0.1, 0.15) is 20.8 Å². The van der Waals surface area contributed by atoms with Crippen molar-refractivity contribution in [2.24, 2.45) is 17.3 Å². The quantitative estimate of drug-likeness (QED) is 0.665. The third-order valence-corrected chi connectivity index (χ3v) is 4.00. The van der Waals surface area contributed by atoms with E-state index in [0.717, 1.165) is 11.8 Å². The van der Waals surface area contributed by atoms with Crippen LogP contribution in [0.3, 0.4) is 0 Å². The van der Waals surface area contributed by atoms with E-state index in [1.807, 2.05) is 0 Å². The van der Waals surface area contributed by atoms with Crippen molar-refractivity contribution in [3.05, 3.63) is 0 Å². The summed E-state index contributed by atoms with van der Waals surface area (Å²) in [7, 11) is 0. The number of aliphatic hydroxyl groups excluding tert-OH is 1. The number of nitrogens with zero attached hydrogens (tertiary/aromatic N) is 1. The van der Waals surface area contributed by atoms with E-state index in [1.54, 1.807) is 0 Å². The second-order valence-electron chi connectivity index (χ2n) is 4.92. The summed E-state index contributed by atoms with van der Waals surface area (Å²) in [6, 6.07) is 0.681. The monoisotopic (exact) mass is 169 g/mol. The van der Waals surface area contributed by atoms with Gasteiger partial charge in [-0.15, -0.1) is 0 Å². The number of rotatable bonds is 2. The first-order valence-electron chi connectivity index (χ1n) is 4.94. The molecule has 1 heterocycles. The molecule has 2 rings (SSSR count). The second-order valence-corrected chi connectivity index (χ2v) is 4.92. The van der Waals surface area contributed by atoms with Crippen molar-refractivity contribution in [1.29, 1.82) is 0 Å². The largest absolute Gasteiger partial charge is 0.396 e. The minimum absolute atomic E-state index is 0.283. The van der Waals surface area contributed by atoms with Crippen LogP contribution in [0.4, 0.5) is 0 Å². The highest BCUT2D eigenvalue weighted by Gasteiger charge is 2.64. The van der Waals surface area contributed by atoms with Crippen LogP contribution in [0.25, 0.3) is 0 Å². The molecule has 0 spiro atoms. The van der Waals surface area contributed by atoms with Gasteiger partial charge in [-0.05, 0) is 31.1 Å². The van der Waals surface area contributed by atoms with Gasteiger partial charge in [-0.2, -0.15) is 0 Å². The summed E-state index contributed by atoms with van der Waals surface area (Å²) in [5, 5.41) is 9.18. The number of hydrogen-bond donors (Lipinski definition) is 1. The maximum Gasteiger partial charge on any atom is 0.0491 e. The minimum Gasteiger partial charge on any atom is -0.396 e. The average Bonchev–Trinajstić information content (AvgIpc) is 2.51. The smallest absolute Gasteiger partial charge is 0.0491 e. The lowest BCUT2D eigenvalue weighted by molar-refractivity contribution is 0.148. The summed E-state index contributed by atoms with van der Waals surface area (Å²) in [5.41, 5.74) is 0.283. The maximum atomic E-state index is 9.18. The molecule has 2 unspecified atom stereocenters. The third-order valence-electron chi connectivity index (χ3n) is 4.00. The van der Waals surface area contributed by atoms with E-state index in [9.17, 15) is 5.11 Å². The zero-order valence-electron chi connectivity index (χ0n) is 8.25. The number of hydrogen-bond acceptors (Lipinski definition) is 2. The fraction of sp³-hybridized carbons (Fsp3) is 1.00. The lowest BCUT2D eigenvalue weighted by Gasteiger charge is -2.26. The Bertz CT molecular complexity index is 178. The van der Waals surface area contributed by atoms with Gasteiger partial charge in [0.1, 0.15) is 0 Å². The normalized spacial score (nSPS) is 46.8. The molecule has 1 saturated heterocycles.